The van der Waals surface area contributed by atoms with E-state index in [9.17, 15) is 4.79 Å². The quantitative estimate of drug-likeness (QED) is 0.710. The average Bonchev–Trinajstić information content (AvgIpc) is 2.97. The molecule has 0 atom stereocenters. The summed E-state index contributed by atoms with van der Waals surface area (Å²) in [7, 11) is 1.83. The number of hydrogen-bond donors (Lipinski definition) is 1. The van der Waals surface area contributed by atoms with Crippen LogP contribution in [-0.2, 0) is 19.4 Å². The van der Waals surface area contributed by atoms with Crippen molar-refractivity contribution in [3.8, 4) is 0 Å². The third kappa shape index (κ3) is 3.69. The van der Waals surface area contributed by atoms with Gasteiger partial charge in [0.05, 0.1) is 5.69 Å². The minimum absolute atomic E-state index is 0.0354. The number of amides is 1. The number of fused-ring (bicyclic) bond motifs is 2. The summed E-state index contributed by atoms with van der Waals surface area (Å²) >= 11 is 1.43. The van der Waals surface area contributed by atoms with Crippen molar-refractivity contribution in [2.24, 2.45) is 0 Å². The van der Waals surface area contributed by atoms with Crippen molar-refractivity contribution in [3.05, 3.63) is 58.1 Å². The molecule has 4 nitrogen and oxygen atoms in total. The second-order valence-electron chi connectivity index (χ2n) is 7.35. The van der Waals surface area contributed by atoms with Gasteiger partial charge in [0, 0.05) is 24.7 Å². The Labute approximate surface area is 164 Å². The predicted octanol–water partition coefficient (Wildman–Crippen LogP) is 4.81. The Bertz CT molecular complexity index is 965. The van der Waals surface area contributed by atoms with Crippen LogP contribution in [0, 0.1) is 0 Å². The van der Waals surface area contributed by atoms with E-state index in [0.29, 0.717) is 17.1 Å². The second kappa shape index (κ2) is 7.69. The number of aryl methyl sites for hydroxylation is 2. The molecular weight excluding hydrogens is 354 g/mol. The Morgan fingerprint density at radius 2 is 1.89 bits per heavy atom. The maximum atomic E-state index is 13.0. The van der Waals surface area contributed by atoms with Gasteiger partial charge < -0.3 is 10.6 Å². The Balaban J connectivity index is 1.65. The molecule has 1 aliphatic rings. The van der Waals surface area contributed by atoms with Crippen LogP contribution < -0.4 is 5.73 Å². The summed E-state index contributed by atoms with van der Waals surface area (Å²) in [5, 5.41) is 0.941. The Kier molecular flexibility index (Phi) is 5.12. The molecule has 0 saturated heterocycles. The van der Waals surface area contributed by atoms with E-state index in [1.54, 1.807) is 4.90 Å². The number of thiophene rings is 1. The lowest BCUT2D eigenvalue weighted by molar-refractivity contribution is 0.0791. The van der Waals surface area contributed by atoms with E-state index in [4.69, 9.17) is 10.7 Å². The van der Waals surface area contributed by atoms with E-state index in [2.05, 4.69) is 6.07 Å². The molecule has 1 aliphatic carbocycles. The maximum absolute atomic E-state index is 13.0. The summed E-state index contributed by atoms with van der Waals surface area (Å²) in [6, 6.07) is 12.2. The molecule has 5 heteroatoms. The van der Waals surface area contributed by atoms with Gasteiger partial charge in [-0.2, -0.15) is 0 Å². The molecule has 0 aliphatic heterocycles. The zero-order valence-corrected chi connectivity index (χ0v) is 16.5. The smallest absolute Gasteiger partial charge is 0.266 e. The van der Waals surface area contributed by atoms with Gasteiger partial charge in [-0.25, -0.2) is 4.98 Å². The van der Waals surface area contributed by atoms with Crippen LogP contribution in [0.25, 0.3) is 10.2 Å². The largest absolute Gasteiger partial charge is 0.397 e. The highest BCUT2D eigenvalue weighted by Gasteiger charge is 2.22. The van der Waals surface area contributed by atoms with Gasteiger partial charge in [-0.3, -0.25) is 4.79 Å². The molecular formula is C22H25N3OS. The fraction of sp³-hybridized carbons (Fsp3) is 0.364. The Morgan fingerprint density at radius 1 is 1.15 bits per heavy atom. The van der Waals surface area contributed by atoms with Gasteiger partial charge >= 0.3 is 0 Å². The van der Waals surface area contributed by atoms with Crippen LogP contribution in [0.3, 0.4) is 0 Å². The summed E-state index contributed by atoms with van der Waals surface area (Å²) in [4.78, 5) is 21.1. The molecule has 1 aromatic carbocycles. The molecule has 2 aromatic heterocycles. The number of carbonyl (C=O) groups is 1. The van der Waals surface area contributed by atoms with Gasteiger partial charge in [0.1, 0.15) is 9.71 Å². The SMILES string of the molecule is CN(Cc1ccccc1)C(=O)c1sc2nc3c(cc2c1N)CCCCCC3. The minimum Gasteiger partial charge on any atom is -0.397 e. The van der Waals surface area contributed by atoms with Crippen LogP contribution in [0.4, 0.5) is 5.69 Å². The number of carbonyl (C=O) groups excluding carboxylic acids is 1. The average molecular weight is 380 g/mol. The molecule has 140 valence electrons. The van der Waals surface area contributed by atoms with Crippen molar-refractivity contribution < 1.29 is 4.79 Å². The first-order valence-electron chi connectivity index (χ1n) is 9.63. The van der Waals surface area contributed by atoms with Crippen LogP contribution in [0.2, 0.25) is 0 Å². The van der Waals surface area contributed by atoms with Gasteiger partial charge in [-0.1, -0.05) is 43.2 Å². The third-order valence-electron chi connectivity index (χ3n) is 5.30. The minimum atomic E-state index is -0.0354. The molecule has 4 rings (SSSR count). The number of hydrogen-bond acceptors (Lipinski definition) is 4. The number of pyridine rings is 1. The number of rotatable bonds is 3. The topological polar surface area (TPSA) is 59.2 Å². The van der Waals surface area contributed by atoms with Gasteiger partial charge in [-0.15, -0.1) is 11.3 Å². The molecule has 2 heterocycles. The molecule has 1 amide bonds. The molecule has 27 heavy (non-hydrogen) atoms. The van der Waals surface area contributed by atoms with Crippen molar-refractivity contribution in [3.63, 3.8) is 0 Å². The number of nitrogens with zero attached hydrogens (tertiary/aromatic N) is 2. The number of anilines is 1. The highest BCUT2D eigenvalue weighted by molar-refractivity contribution is 7.21. The van der Waals surface area contributed by atoms with Crippen LogP contribution in [0.15, 0.2) is 36.4 Å². The van der Waals surface area contributed by atoms with E-state index in [0.717, 1.165) is 28.6 Å². The van der Waals surface area contributed by atoms with Crippen LogP contribution >= 0.6 is 11.3 Å². The van der Waals surface area contributed by atoms with Crippen molar-refractivity contribution in [2.45, 2.75) is 45.1 Å². The van der Waals surface area contributed by atoms with E-state index < -0.39 is 0 Å². The molecule has 0 bridgehead atoms. The molecule has 0 saturated carbocycles. The van der Waals surface area contributed by atoms with Crippen LogP contribution in [-0.4, -0.2) is 22.8 Å². The highest BCUT2D eigenvalue weighted by atomic mass is 32.1. The van der Waals surface area contributed by atoms with Crippen LogP contribution in [0.5, 0.6) is 0 Å². The number of nitrogens with two attached hydrogens (primary N) is 1. The van der Waals surface area contributed by atoms with Crippen molar-refractivity contribution in [1.82, 2.24) is 9.88 Å². The van der Waals surface area contributed by atoms with Gasteiger partial charge in [0.15, 0.2) is 0 Å². The van der Waals surface area contributed by atoms with Gasteiger partial charge in [0.2, 0.25) is 0 Å². The molecule has 2 N–H and O–H groups in total. The molecule has 0 spiro atoms. The standard InChI is InChI=1S/C22H25N3OS/c1-25(14-15-9-5-4-6-10-15)22(26)20-19(23)17-13-16-11-7-2-3-8-12-18(16)24-21(17)27-20/h4-6,9-10,13H,2-3,7-8,11-12,14,23H2,1H3. The lowest BCUT2D eigenvalue weighted by atomic mass is 9.96. The van der Waals surface area contributed by atoms with Crippen molar-refractivity contribution in [2.75, 3.05) is 12.8 Å². The number of benzene rings is 1. The van der Waals surface area contributed by atoms with E-state index >= 15 is 0 Å². The fourth-order valence-corrected chi connectivity index (χ4v) is 4.87. The zero-order chi connectivity index (χ0) is 18.8. The lowest BCUT2D eigenvalue weighted by Gasteiger charge is -2.16. The molecule has 3 aromatic rings. The summed E-state index contributed by atoms with van der Waals surface area (Å²) in [5.41, 5.74) is 10.6. The first-order chi connectivity index (χ1) is 13.1. The van der Waals surface area contributed by atoms with Gasteiger partial charge in [-0.05, 0) is 42.9 Å². The first kappa shape index (κ1) is 18.0. The summed E-state index contributed by atoms with van der Waals surface area (Å²) in [6.07, 6.45) is 7.04. The van der Waals surface area contributed by atoms with E-state index in [1.807, 2.05) is 37.4 Å². The van der Waals surface area contributed by atoms with E-state index in [-0.39, 0.29) is 5.91 Å². The predicted molar refractivity (Wildman–Crippen MR) is 112 cm³/mol. The monoisotopic (exact) mass is 379 g/mol. The maximum Gasteiger partial charge on any atom is 0.266 e. The Morgan fingerprint density at radius 3 is 2.67 bits per heavy atom. The lowest BCUT2D eigenvalue weighted by Crippen LogP contribution is -2.26. The van der Waals surface area contributed by atoms with E-state index in [1.165, 1.54) is 48.3 Å². The van der Waals surface area contributed by atoms with Gasteiger partial charge in [0.25, 0.3) is 5.91 Å². The van der Waals surface area contributed by atoms with Crippen molar-refractivity contribution >= 4 is 33.1 Å². The molecule has 0 radical (unpaired) electrons. The summed E-state index contributed by atoms with van der Waals surface area (Å²) in [5.74, 6) is -0.0354. The first-order valence-corrected chi connectivity index (χ1v) is 10.5. The van der Waals surface area contributed by atoms with Crippen LogP contribution in [0.1, 0.15) is 52.2 Å². The van der Waals surface area contributed by atoms with Crippen molar-refractivity contribution in [1.29, 1.82) is 0 Å². The fourth-order valence-electron chi connectivity index (χ4n) is 3.77. The third-order valence-corrected chi connectivity index (χ3v) is 6.41. The Hall–Kier alpha value is -2.40. The second-order valence-corrected chi connectivity index (χ2v) is 8.35. The normalized spacial score (nSPS) is 14.4. The summed E-state index contributed by atoms with van der Waals surface area (Å²) < 4.78 is 0. The number of aromatic nitrogens is 1. The summed E-state index contributed by atoms with van der Waals surface area (Å²) in [6.45, 7) is 0.567. The molecule has 0 unspecified atom stereocenters. The zero-order valence-electron chi connectivity index (χ0n) is 15.7. The molecule has 0 fully saturated rings. The highest BCUT2D eigenvalue weighted by Crippen LogP contribution is 2.35. The number of nitrogen functional groups attached to an aromatic ring is 1.